The van der Waals surface area contributed by atoms with Crippen molar-refractivity contribution in [1.29, 1.82) is 0 Å². The van der Waals surface area contributed by atoms with Crippen molar-refractivity contribution >= 4 is 44.8 Å². The van der Waals surface area contributed by atoms with Crippen LogP contribution in [0.5, 0.6) is 0 Å². The third kappa shape index (κ3) is 4.86. The molecule has 1 aromatic heterocycles. The van der Waals surface area contributed by atoms with E-state index in [0.717, 1.165) is 4.31 Å². The number of furan rings is 1. The molecule has 2 aromatic carbocycles. The van der Waals surface area contributed by atoms with E-state index in [9.17, 15) is 13.2 Å². The van der Waals surface area contributed by atoms with Crippen LogP contribution in [-0.2, 0) is 21.4 Å². The highest BCUT2D eigenvalue weighted by Crippen LogP contribution is 2.26. The molecule has 1 heterocycles. The molecule has 6 nitrogen and oxygen atoms in total. The molecule has 0 radical (unpaired) electrons. The van der Waals surface area contributed by atoms with Crippen LogP contribution in [0.1, 0.15) is 5.76 Å². The average Bonchev–Trinajstić information content (AvgIpc) is 3.18. The smallest absolute Gasteiger partial charge is 0.264 e. The van der Waals surface area contributed by atoms with Crippen LogP contribution in [0.3, 0.4) is 0 Å². The summed E-state index contributed by atoms with van der Waals surface area (Å²) >= 11 is 11.9. The van der Waals surface area contributed by atoms with Gasteiger partial charge >= 0.3 is 0 Å². The molecule has 0 saturated carbocycles. The van der Waals surface area contributed by atoms with E-state index < -0.39 is 22.5 Å². The molecule has 28 heavy (non-hydrogen) atoms. The molecule has 0 aliphatic heterocycles. The summed E-state index contributed by atoms with van der Waals surface area (Å²) in [4.78, 5) is 12.4. The molecular formula is C19H16Cl2N2O4S. The normalized spacial score (nSPS) is 11.2. The van der Waals surface area contributed by atoms with Crippen molar-refractivity contribution in [3.05, 3.63) is 82.7 Å². The maximum Gasteiger partial charge on any atom is 0.264 e. The van der Waals surface area contributed by atoms with E-state index in [4.69, 9.17) is 27.6 Å². The Hall–Kier alpha value is -2.48. The molecule has 0 spiro atoms. The van der Waals surface area contributed by atoms with Gasteiger partial charge in [0.2, 0.25) is 5.91 Å². The molecular weight excluding hydrogens is 423 g/mol. The van der Waals surface area contributed by atoms with Gasteiger partial charge in [0, 0.05) is 10.0 Å². The summed E-state index contributed by atoms with van der Waals surface area (Å²) in [5.74, 6) is 0.0668. The largest absolute Gasteiger partial charge is 0.467 e. The van der Waals surface area contributed by atoms with E-state index in [1.54, 1.807) is 30.3 Å². The van der Waals surface area contributed by atoms with Crippen molar-refractivity contribution in [2.75, 3.05) is 10.8 Å². The molecule has 0 bridgehead atoms. The van der Waals surface area contributed by atoms with Crippen LogP contribution in [0.2, 0.25) is 10.0 Å². The van der Waals surface area contributed by atoms with Gasteiger partial charge in [-0.15, -0.1) is 0 Å². The molecule has 1 amide bonds. The van der Waals surface area contributed by atoms with Gasteiger partial charge in [-0.05, 0) is 54.6 Å². The number of hydrogen-bond donors (Lipinski definition) is 1. The lowest BCUT2D eigenvalue weighted by molar-refractivity contribution is -0.119. The van der Waals surface area contributed by atoms with E-state index in [0.29, 0.717) is 15.8 Å². The third-order valence-electron chi connectivity index (χ3n) is 3.82. The molecule has 3 aromatic rings. The molecule has 0 fully saturated rings. The van der Waals surface area contributed by atoms with Crippen molar-refractivity contribution in [3.8, 4) is 0 Å². The first kappa shape index (κ1) is 20.3. The second-order valence-corrected chi connectivity index (χ2v) is 8.54. The fourth-order valence-corrected chi connectivity index (χ4v) is 4.19. The number of anilines is 1. The van der Waals surface area contributed by atoms with Gasteiger partial charge in [0.05, 0.1) is 23.4 Å². The van der Waals surface area contributed by atoms with Crippen LogP contribution >= 0.6 is 23.2 Å². The lowest BCUT2D eigenvalue weighted by Gasteiger charge is -2.24. The van der Waals surface area contributed by atoms with E-state index in [1.807, 2.05) is 0 Å². The average molecular weight is 439 g/mol. The number of sulfonamides is 1. The van der Waals surface area contributed by atoms with E-state index >= 15 is 0 Å². The minimum atomic E-state index is -4.02. The molecule has 146 valence electrons. The number of nitrogens with one attached hydrogen (secondary N) is 1. The first-order chi connectivity index (χ1) is 13.4. The Morgan fingerprint density at radius 1 is 1.00 bits per heavy atom. The number of carbonyl (C=O) groups is 1. The van der Waals surface area contributed by atoms with Gasteiger partial charge in [0.1, 0.15) is 12.3 Å². The second kappa shape index (κ2) is 8.68. The number of halogens is 2. The van der Waals surface area contributed by atoms with Crippen molar-refractivity contribution in [1.82, 2.24) is 5.32 Å². The van der Waals surface area contributed by atoms with Gasteiger partial charge in [-0.2, -0.15) is 0 Å². The summed E-state index contributed by atoms with van der Waals surface area (Å²) in [7, 11) is -4.02. The molecule has 3 rings (SSSR count). The molecule has 0 unspecified atom stereocenters. The molecule has 0 aliphatic carbocycles. The molecule has 0 aliphatic rings. The minimum absolute atomic E-state index is 0.00992. The fourth-order valence-electron chi connectivity index (χ4n) is 2.47. The van der Waals surface area contributed by atoms with Crippen LogP contribution in [0.25, 0.3) is 0 Å². The van der Waals surface area contributed by atoms with Crippen molar-refractivity contribution in [2.45, 2.75) is 11.4 Å². The highest BCUT2D eigenvalue weighted by Gasteiger charge is 2.27. The maximum absolute atomic E-state index is 13.2. The van der Waals surface area contributed by atoms with Gasteiger partial charge in [-0.25, -0.2) is 8.42 Å². The summed E-state index contributed by atoms with van der Waals surface area (Å²) in [6.07, 6.45) is 1.49. The number of hydrogen-bond acceptors (Lipinski definition) is 4. The maximum atomic E-state index is 13.2. The summed E-state index contributed by atoms with van der Waals surface area (Å²) in [5.41, 5.74) is 0.274. The topological polar surface area (TPSA) is 79.6 Å². The zero-order valence-electron chi connectivity index (χ0n) is 14.5. The van der Waals surface area contributed by atoms with Gasteiger partial charge in [0.25, 0.3) is 10.0 Å². The van der Waals surface area contributed by atoms with Gasteiger partial charge in [-0.1, -0.05) is 29.3 Å². The van der Waals surface area contributed by atoms with Gasteiger partial charge < -0.3 is 9.73 Å². The summed E-state index contributed by atoms with van der Waals surface area (Å²) in [5, 5.41) is 3.40. The number of carbonyl (C=O) groups excluding carboxylic acids is 1. The fraction of sp³-hybridized carbons (Fsp3) is 0.105. The lowest BCUT2D eigenvalue weighted by atomic mass is 10.3. The molecule has 0 saturated heterocycles. The first-order valence-electron chi connectivity index (χ1n) is 8.19. The van der Waals surface area contributed by atoms with Crippen LogP contribution < -0.4 is 9.62 Å². The molecule has 9 heteroatoms. The number of benzene rings is 2. The quantitative estimate of drug-likeness (QED) is 0.601. The highest BCUT2D eigenvalue weighted by atomic mass is 35.5. The summed E-state index contributed by atoms with van der Waals surface area (Å²) in [6, 6.07) is 15.4. The number of amides is 1. The predicted octanol–water partition coefficient (Wildman–Crippen LogP) is 4.10. The Morgan fingerprint density at radius 3 is 2.39 bits per heavy atom. The molecule has 1 N–H and O–H groups in total. The lowest BCUT2D eigenvalue weighted by Crippen LogP contribution is -2.40. The summed E-state index contributed by atoms with van der Waals surface area (Å²) in [6.45, 7) is -0.276. The Bertz CT molecular complexity index is 1050. The third-order valence-corrected chi connectivity index (χ3v) is 6.10. The van der Waals surface area contributed by atoms with Crippen LogP contribution in [0.15, 0.2) is 76.2 Å². The van der Waals surface area contributed by atoms with Crippen LogP contribution in [-0.4, -0.2) is 20.9 Å². The zero-order valence-corrected chi connectivity index (χ0v) is 16.8. The van der Waals surface area contributed by atoms with E-state index in [2.05, 4.69) is 5.32 Å². The number of nitrogens with zero attached hydrogens (tertiary/aromatic N) is 1. The van der Waals surface area contributed by atoms with E-state index in [1.165, 1.54) is 36.6 Å². The van der Waals surface area contributed by atoms with Gasteiger partial charge in [-0.3, -0.25) is 9.10 Å². The van der Waals surface area contributed by atoms with Gasteiger partial charge in [0.15, 0.2) is 0 Å². The monoisotopic (exact) mass is 438 g/mol. The van der Waals surface area contributed by atoms with Crippen molar-refractivity contribution in [2.24, 2.45) is 0 Å². The van der Waals surface area contributed by atoms with E-state index in [-0.39, 0.29) is 17.1 Å². The zero-order chi connectivity index (χ0) is 20.1. The standard InChI is InChI=1S/C19H16Cl2N2O4S/c20-14-6-8-18(9-7-14)28(25,26)23(16-4-1-3-15(21)11-16)13-19(24)22-12-17-5-2-10-27-17/h1-11H,12-13H2,(H,22,24). The van der Waals surface area contributed by atoms with Crippen LogP contribution in [0, 0.1) is 0 Å². The Labute approximate surface area is 172 Å². The Balaban J connectivity index is 1.88. The predicted molar refractivity (Wildman–Crippen MR) is 108 cm³/mol. The minimum Gasteiger partial charge on any atom is -0.467 e. The first-order valence-corrected chi connectivity index (χ1v) is 10.4. The van der Waals surface area contributed by atoms with Crippen LogP contribution in [0.4, 0.5) is 5.69 Å². The second-order valence-electron chi connectivity index (χ2n) is 5.80. The SMILES string of the molecule is O=C(CN(c1cccc(Cl)c1)S(=O)(=O)c1ccc(Cl)cc1)NCc1ccco1. The summed E-state index contributed by atoms with van der Waals surface area (Å²) < 4.78 is 32.5. The van der Waals surface area contributed by atoms with Crippen molar-refractivity contribution < 1.29 is 17.6 Å². The van der Waals surface area contributed by atoms with Crippen molar-refractivity contribution in [3.63, 3.8) is 0 Å². The highest BCUT2D eigenvalue weighted by molar-refractivity contribution is 7.92. The Kier molecular flexibility index (Phi) is 6.28. The Morgan fingerprint density at radius 2 is 1.75 bits per heavy atom. The number of rotatable bonds is 7. The molecule has 0 atom stereocenters.